The quantitative estimate of drug-likeness (QED) is 0.665. The summed E-state index contributed by atoms with van der Waals surface area (Å²) in [4.78, 5) is 17.5. The molecule has 118 valence electrons. The van der Waals surface area contributed by atoms with Crippen LogP contribution in [-0.2, 0) is 9.53 Å². The van der Waals surface area contributed by atoms with E-state index in [0.717, 1.165) is 6.07 Å². The van der Waals surface area contributed by atoms with Gasteiger partial charge in [0.1, 0.15) is 0 Å². The van der Waals surface area contributed by atoms with E-state index in [1.54, 1.807) is 18.3 Å². The third-order valence-electron chi connectivity index (χ3n) is 2.97. The Kier molecular flexibility index (Phi) is 4.92. The molecular formula is C15H10ClFN2O3S. The number of phenols is 1. The van der Waals surface area contributed by atoms with Gasteiger partial charge in [0, 0.05) is 6.20 Å². The minimum Gasteiger partial charge on any atom is -0.505 e. The van der Waals surface area contributed by atoms with Crippen LogP contribution in [0.25, 0.3) is 6.08 Å². The van der Waals surface area contributed by atoms with Crippen LogP contribution in [0.3, 0.4) is 0 Å². The molecule has 0 atom stereocenters. The summed E-state index contributed by atoms with van der Waals surface area (Å²) in [5.41, 5.74) is 0.854. The number of amides is 1. The highest BCUT2D eigenvalue weighted by molar-refractivity contribution is 7.80. The summed E-state index contributed by atoms with van der Waals surface area (Å²) >= 11 is 5.04. The van der Waals surface area contributed by atoms with E-state index < -0.39 is 17.5 Å². The lowest BCUT2D eigenvalue weighted by atomic mass is 10.2. The lowest BCUT2D eigenvalue weighted by molar-refractivity contribution is -0.114. The number of aromatic hydroxyl groups is 1. The zero-order valence-corrected chi connectivity index (χ0v) is 13.1. The lowest BCUT2D eigenvalue weighted by Gasteiger charge is -2.10. The van der Waals surface area contributed by atoms with Gasteiger partial charge in [-0.3, -0.25) is 9.78 Å². The number of benzene rings is 1. The van der Waals surface area contributed by atoms with Crippen LogP contribution in [0.2, 0.25) is 0 Å². The van der Waals surface area contributed by atoms with E-state index in [-0.39, 0.29) is 23.3 Å². The third-order valence-corrected chi connectivity index (χ3v) is 3.23. The highest BCUT2D eigenvalue weighted by Gasteiger charge is 2.34. The molecule has 0 aliphatic carbocycles. The van der Waals surface area contributed by atoms with Crippen LogP contribution in [0.15, 0.2) is 48.5 Å². The molecule has 8 heteroatoms. The van der Waals surface area contributed by atoms with E-state index in [1.165, 1.54) is 29.3 Å². The first-order valence-corrected chi connectivity index (χ1v) is 6.63. The van der Waals surface area contributed by atoms with Crippen molar-refractivity contribution >= 4 is 47.5 Å². The number of phenolic OH excluding ortho intramolecular Hbond substituents is 1. The standard InChI is InChI=1S/C15H9FN2O3S.ClH/c16-11-6-9(3-4-12(11)19)7-13-14(20)18(15(22)21-13)10-2-1-5-17-8-10;/h1-8,19H;1H. The lowest BCUT2D eigenvalue weighted by Crippen LogP contribution is -2.28. The average Bonchev–Trinajstić information content (AvgIpc) is 2.78. The van der Waals surface area contributed by atoms with Gasteiger partial charge in [-0.2, -0.15) is 0 Å². The summed E-state index contributed by atoms with van der Waals surface area (Å²) in [7, 11) is 0. The first kappa shape index (κ1) is 16.9. The van der Waals surface area contributed by atoms with Crippen LogP contribution < -0.4 is 4.90 Å². The van der Waals surface area contributed by atoms with Crippen molar-refractivity contribution in [3.8, 4) is 5.75 Å². The van der Waals surface area contributed by atoms with Crippen molar-refractivity contribution in [2.45, 2.75) is 0 Å². The van der Waals surface area contributed by atoms with Crippen molar-refractivity contribution in [1.29, 1.82) is 0 Å². The number of carbonyl (C=O) groups excluding carboxylic acids is 1. The molecule has 1 aromatic heterocycles. The Labute approximate surface area is 142 Å². The van der Waals surface area contributed by atoms with Gasteiger partial charge < -0.3 is 9.84 Å². The van der Waals surface area contributed by atoms with E-state index in [9.17, 15) is 9.18 Å². The Morgan fingerprint density at radius 1 is 1.35 bits per heavy atom. The van der Waals surface area contributed by atoms with Crippen LogP contribution in [0.4, 0.5) is 10.1 Å². The number of nitrogens with zero attached hydrogens (tertiary/aromatic N) is 2. The fraction of sp³-hybridized carbons (Fsp3) is 0. The number of thiocarbonyl (C=S) groups is 1. The molecule has 0 saturated carbocycles. The molecule has 23 heavy (non-hydrogen) atoms. The molecule has 1 fully saturated rings. The largest absolute Gasteiger partial charge is 0.505 e. The normalized spacial score (nSPS) is 15.5. The fourth-order valence-corrected chi connectivity index (χ4v) is 2.22. The third kappa shape index (κ3) is 3.30. The molecule has 0 spiro atoms. The summed E-state index contributed by atoms with van der Waals surface area (Å²) < 4.78 is 18.6. The maximum absolute atomic E-state index is 13.3. The second-order valence-corrected chi connectivity index (χ2v) is 4.79. The van der Waals surface area contributed by atoms with Gasteiger partial charge in [-0.05, 0) is 48.1 Å². The van der Waals surface area contributed by atoms with Gasteiger partial charge in [0.05, 0.1) is 11.9 Å². The molecule has 2 heterocycles. The van der Waals surface area contributed by atoms with Gasteiger partial charge in [0.25, 0.3) is 5.17 Å². The second kappa shape index (κ2) is 6.72. The van der Waals surface area contributed by atoms with Crippen LogP contribution in [0.1, 0.15) is 5.56 Å². The topological polar surface area (TPSA) is 62.7 Å². The van der Waals surface area contributed by atoms with Gasteiger partial charge in [-0.1, -0.05) is 6.07 Å². The molecule has 0 bridgehead atoms. The predicted molar refractivity (Wildman–Crippen MR) is 88.7 cm³/mol. The molecule has 0 unspecified atom stereocenters. The summed E-state index contributed by atoms with van der Waals surface area (Å²) in [6.45, 7) is 0. The predicted octanol–water partition coefficient (Wildman–Crippen LogP) is 3.04. The number of pyridine rings is 1. The molecule has 1 aliphatic heterocycles. The Morgan fingerprint density at radius 3 is 2.78 bits per heavy atom. The van der Waals surface area contributed by atoms with Crippen molar-refractivity contribution in [2.24, 2.45) is 0 Å². The number of anilines is 1. The van der Waals surface area contributed by atoms with Crippen LogP contribution in [0, 0.1) is 5.82 Å². The maximum Gasteiger partial charge on any atom is 0.301 e. The van der Waals surface area contributed by atoms with E-state index in [1.807, 2.05) is 0 Å². The van der Waals surface area contributed by atoms with Gasteiger partial charge in [0.15, 0.2) is 17.3 Å². The summed E-state index contributed by atoms with van der Waals surface area (Å²) in [6.07, 6.45) is 4.41. The Hall–Kier alpha value is -2.51. The molecule has 5 nitrogen and oxygen atoms in total. The molecular weight excluding hydrogens is 343 g/mol. The molecule has 1 aromatic carbocycles. The number of rotatable bonds is 2. The van der Waals surface area contributed by atoms with Gasteiger partial charge >= 0.3 is 5.91 Å². The number of carbonyl (C=O) groups is 1. The van der Waals surface area contributed by atoms with Crippen molar-refractivity contribution in [2.75, 3.05) is 4.90 Å². The van der Waals surface area contributed by atoms with Gasteiger partial charge in [-0.15, -0.1) is 12.4 Å². The first-order valence-electron chi connectivity index (χ1n) is 6.23. The first-order chi connectivity index (χ1) is 10.6. The molecule has 1 amide bonds. The van der Waals surface area contributed by atoms with Crippen molar-refractivity contribution in [3.05, 3.63) is 59.9 Å². The van der Waals surface area contributed by atoms with E-state index >= 15 is 0 Å². The molecule has 0 radical (unpaired) electrons. The minimum atomic E-state index is -0.786. The Balaban J connectivity index is 0.00000192. The SMILES string of the molecule is Cl.O=C1C(=Cc2ccc(O)c(F)c2)OC(=S)N1c1cccnc1. The summed E-state index contributed by atoms with van der Waals surface area (Å²) in [5, 5.41) is 9.13. The smallest absolute Gasteiger partial charge is 0.301 e. The van der Waals surface area contributed by atoms with Crippen LogP contribution in [0.5, 0.6) is 5.75 Å². The number of hydrogen-bond acceptors (Lipinski definition) is 5. The molecule has 1 N–H and O–H groups in total. The monoisotopic (exact) mass is 352 g/mol. The fourth-order valence-electron chi connectivity index (χ4n) is 1.94. The number of ether oxygens (including phenoxy) is 1. The number of aromatic nitrogens is 1. The zero-order valence-electron chi connectivity index (χ0n) is 11.5. The van der Waals surface area contributed by atoms with Crippen LogP contribution in [-0.4, -0.2) is 21.2 Å². The van der Waals surface area contributed by atoms with Crippen molar-refractivity contribution in [1.82, 2.24) is 4.98 Å². The molecule has 3 rings (SSSR count). The minimum absolute atomic E-state index is 0. The number of hydrogen-bond donors (Lipinski definition) is 1. The highest BCUT2D eigenvalue weighted by Crippen LogP contribution is 2.26. The highest BCUT2D eigenvalue weighted by atomic mass is 35.5. The van der Waals surface area contributed by atoms with Crippen LogP contribution >= 0.6 is 24.6 Å². The van der Waals surface area contributed by atoms with E-state index in [0.29, 0.717) is 11.3 Å². The van der Waals surface area contributed by atoms with Gasteiger partial charge in [-0.25, -0.2) is 9.29 Å². The van der Waals surface area contributed by atoms with Crippen molar-refractivity contribution in [3.63, 3.8) is 0 Å². The Bertz CT molecular complexity index is 799. The zero-order chi connectivity index (χ0) is 15.7. The molecule has 1 aliphatic rings. The molecule has 2 aromatic rings. The van der Waals surface area contributed by atoms with Crippen molar-refractivity contribution < 1.29 is 19.0 Å². The van der Waals surface area contributed by atoms with E-state index in [4.69, 9.17) is 22.1 Å². The molecule has 1 saturated heterocycles. The number of halogens is 2. The Morgan fingerprint density at radius 2 is 2.13 bits per heavy atom. The second-order valence-electron chi connectivity index (χ2n) is 4.44. The van der Waals surface area contributed by atoms with E-state index in [2.05, 4.69) is 4.98 Å². The summed E-state index contributed by atoms with van der Waals surface area (Å²) in [6, 6.07) is 7.08. The van der Waals surface area contributed by atoms with Gasteiger partial charge in [0.2, 0.25) is 0 Å². The summed E-state index contributed by atoms with van der Waals surface area (Å²) in [5.74, 6) is -1.75. The maximum atomic E-state index is 13.3. The average molecular weight is 353 g/mol.